The molecular weight excluding hydrogens is 653 g/mol. The summed E-state index contributed by atoms with van der Waals surface area (Å²) in [7, 11) is -7.78. The van der Waals surface area contributed by atoms with Gasteiger partial charge in [-0.05, 0) is 62.2 Å². The Morgan fingerprint density at radius 2 is 1.89 bits per heavy atom. The zero-order valence-corrected chi connectivity index (χ0v) is 27.2. The largest absolute Gasteiger partial charge is 0.444 e. The Hall–Kier alpha value is -3.67. The predicted molar refractivity (Wildman–Crippen MR) is 161 cm³/mol. The molecule has 1 unspecified atom stereocenters. The highest BCUT2D eigenvalue weighted by atomic mass is 35.5. The Balaban J connectivity index is 1.56. The van der Waals surface area contributed by atoms with Gasteiger partial charge in [0.15, 0.2) is 9.84 Å². The molecular formula is C27H31ClFN7O7S2. The van der Waals surface area contributed by atoms with E-state index in [-0.39, 0.29) is 36.7 Å². The zero-order valence-electron chi connectivity index (χ0n) is 24.8. The first-order valence-electron chi connectivity index (χ1n) is 13.8. The Morgan fingerprint density at radius 3 is 2.51 bits per heavy atom. The second-order valence-corrected chi connectivity index (χ2v) is 16.2. The molecule has 0 radical (unpaired) electrons. The quantitative estimate of drug-likeness (QED) is 0.407. The van der Waals surface area contributed by atoms with Crippen LogP contribution in [0.5, 0.6) is 0 Å². The first-order chi connectivity index (χ1) is 20.9. The van der Waals surface area contributed by atoms with E-state index in [0.29, 0.717) is 17.0 Å². The monoisotopic (exact) mass is 683 g/mol. The molecule has 14 nitrogen and oxygen atoms in total. The number of hydrogen-bond acceptors (Lipinski definition) is 10. The standard InChI is InChI=1S/C27H31ClFN7O7S2/c1-27(2,3)43-26(38)30-21-15-45(41,42)23-12-20(29)19(11-22(23)35(25(21)37)13-16-5-7-17(28)8-6-16)24-31-33-36(32-24)18-9-10-34(14-18)44(4,39)40/h5-8,11-12,18,21H,9-10,13-15H2,1-4H3,(H,30,38)/t18?,21-/m0/s1. The molecule has 1 fully saturated rings. The molecule has 3 aromatic rings. The van der Waals surface area contributed by atoms with Crippen molar-refractivity contribution < 1.29 is 35.6 Å². The van der Waals surface area contributed by atoms with Crippen LogP contribution in [0.1, 0.15) is 38.8 Å². The van der Waals surface area contributed by atoms with E-state index < -0.39 is 66.0 Å². The summed E-state index contributed by atoms with van der Waals surface area (Å²) in [4.78, 5) is 28.4. The summed E-state index contributed by atoms with van der Waals surface area (Å²) in [5.41, 5.74) is -0.742. The van der Waals surface area contributed by atoms with Crippen molar-refractivity contribution in [2.24, 2.45) is 0 Å². The number of sulfone groups is 1. The van der Waals surface area contributed by atoms with Crippen LogP contribution in [-0.4, -0.2) is 90.1 Å². The summed E-state index contributed by atoms with van der Waals surface area (Å²) in [6.45, 7) is 5.05. The van der Waals surface area contributed by atoms with Gasteiger partial charge in [0, 0.05) is 18.1 Å². The van der Waals surface area contributed by atoms with Gasteiger partial charge in [0.05, 0.1) is 40.7 Å². The number of aromatic nitrogens is 4. The van der Waals surface area contributed by atoms with Crippen LogP contribution in [0.25, 0.3) is 11.4 Å². The van der Waals surface area contributed by atoms with E-state index in [1.165, 1.54) is 9.10 Å². The van der Waals surface area contributed by atoms with E-state index >= 15 is 4.39 Å². The van der Waals surface area contributed by atoms with Crippen molar-refractivity contribution in [3.63, 3.8) is 0 Å². The maximum Gasteiger partial charge on any atom is 0.408 e. The Bertz CT molecular complexity index is 1860. The van der Waals surface area contributed by atoms with Gasteiger partial charge in [-0.3, -0.25) is 4.79 Å². The van der Waals surface area contributed by atoms with Crippen molar-refractivity contribution in [1.29, 1.82) is 0 Å². The molecule has 45 heavy (non-hydrogen) atoms. The third-order valence-corrected chi connectivity index (χ3v) is 10.5. The number of hydrogen-bond donors (Lipinski definition) is 1. The van der Waals surface area contributed by atoms with Gasteiger partial charge in [-0.1, -0.05) is 23.7 Å². The number of nitrogens with one attached hydrogen (secondary N) is 1. The third-order valence-electron chi connectivity index (χ3n) is 7.16. The number of sulfonamides is 1. The maximum atomic E-state index is 15.7. The Kier molecular flexibility index (Phi) is 8.67. The van der Waals surface area contributed by atoms with Crippen molar-refractivity contribution in [2.45, 2.75) is 56.3 Å². The number of carbonyl (C=O) groups is 2. The highest BCUT2D eigenvalue weighted by Crippen LogP contribution is 2.37. The van der Waals surface area contributed by atoms with E-state index in [1.54, 1.807) is 45.0 Å². The molecule has 0 saturated carbocycles. The van der Waals surface area contributed by atoms with Crippen LogP contribution in [0, 0.1) is 5.82 Å². The minimum Gasteiger partial charge on any atom is -0.444 e. The molecule has 3 heterocycles. The van der Waals surface area contributed by atoms with Gasteiger partial charge >= 0.3 is 6.09 Å². The Labute approximate surface area is 264 Å². The fourth-order valence-electron chi connectivity index (χ4n) is 5.04. The first-order valence-corrected chi connectivity index (χ1v) is 17.7. The lowest BCUT2D eigenvalue weighted by molar-refractivity contribution is -0.120. The van der Waals surface area contributed by atoms with E-state index in [0.717, 1.165) is 23.3 Å². The van der Waals surface area contributed by atoms with Crippen molar-refractivity contribution in [1.82, 2.24) is 29.8 Å². The minimum atomic E-state index is -4.35. The number of benzene rings is 2. The molecule has 2 atom stereocenters. The number of amides is 2. The van der Waals surface area contributed by atoms with Gasteiger partial charge in [-0.2, -0.15) is 9.10 Å². The molecule has 0 bridgehead atoms. The number of ether oxygens (including phenoxy) is 1. The number of nitrogens with zero attached hydrogens (tertiary/aromatic N) is 6. The summed E-state index contributed by atoms with van der Waals surface area (Å²) in [6, 6.07) is 6.42. The molecule has 1 saturated heterocycles. The zero-order chi connectivity index (χ0) is 32.9. The van der Waals surface area contributed by atoms with E-state index in [1.807, 2.05) is 0 Å². The molecule has 1 aromatic heterocycles. The second kappa shape index (κ2) is 11.9. The molecule has 0 spiro atoms. The average Bonchev–Trinajstić information content (AvgIpc) is 3.60. The molecule has 2 aromatic carbocycles. The normalized spacial score (nSPS) is 20.5. The number of fused-ring (bicyclic) bond motifs is 1. The lowest BCUT2D eigenvalue weighted by atomic mass is 10.1. The number of anilines is 1. The highest BCUT2D eigenvalue weighted by molar-refractivity contribution is 7.91. The summed E-state index contributed by atoms with van der Waals surface area (Å²) < 4.78 is 73.2. The van der Waals surface area contributed by atoms with Gasteiger partial charge in [0.25, 0.3) is 5.91 Å². The number of alkyl carbamates (subject to hydrolysis) is 1. The van der Waals surface area contributed by atoms with Crippen molar-refractivity contribution in [3.05, 3.63) is 52.8 Å². The number of rotatable bonds is 6. The third kappa shape index (κ3) is 7.26. The van der Waals surface area contributed by atoms with E-state index in [9.17, 15) is 26.4 Å². The first kappa shape index (κ1) is 32.7. The molecule has 18 heteroatoms. The molecule has 2 aliphatic rings. The fourth-order valence-corrected chi connectivity index (χ4v) is 7.66. The van der Waals surface area contributed by atoms with Crippen LogP contribution in [0.2, 0.25) is 5.02 Å². The average molecular weight is 684 g/mol. The predicted octanol–water partition coefficient (Wildman–Crippen LogP) is 2.55. The van der Waals surface area contributed by atoms with Gasteiger partial charge in [-0.15, -0.1) is 10.2 Å². The van der Waals surface area contributed by atoms with E-state index in [2.05, 4.69) is 20.7 Å². The van der Waals surface area contributed by atoms with E-state index in [4.69, 9.17) is 16.3 Å². The molecule has 2 amide bonds. The highest BCUT2D eigenvalue weighted by Gasteiger charge is 2.40. The Morgan fingerprint density at radius 1 is 1.20 bits per heavy atom. The van der Waals surface area contributed by atoms with Crippen LogP contribution in [0.4, 0.5) is 14.9 Å². The molecule has 242 valence electrons. The molecule has 5 rings (SSSR count). The number of tetrazole rings is 1. The smallest absolute Gasteiger partial charge is 0.408 e. The van der Waals surface area contributed by atoms with Gasteiger partial charge < -0.3 is 15.0 Å². The lowest BCUT2D eigenvalue weighted by Crippen LogP contribution is -2.51. The molecule has 1 N–H and O–H groups in total. The molecule has 2 aliphatic heterocycles. The fraction of sp³-hybridized carbons (Fsp3) is 0.444. The summed E-state index contributed by atoms with van der Waals surface area (Å²) >= 11 is 6.03. The van der Waals surface area contributed by atoms with Crippen molar-refractivity contribution >= 4 is 49.1 Å². The van der Waals surface area contributed by atoms with Crippen LogP contribution >= 0.6 is 11.6 Å². The van der Waals surface area contributed by atoms with Crippen LogP contribution in [-0.2, 0) is 35.9 Å². The maximum absolute atomic E-state index is 15.7. The van der Waals surface area contributed by atoms with Crippen LogP contribution in [0.15, 0.2) is 41.3 Å². The summed E-state index contributed by atoms with van der Waals surface area (Å²) in [5, 5.41) is 15.0. The summed E-state index contributed by atoms with van der Waals surface area (Å²) in [6.07, 6.45) is 0.505. The van der Waals surface area contributed by atoms with Crippen molar-refractivity contribution in [3.8, 4) is 11.4 Å². The van der Waals surface area contributed by atoms with Crippen LogP contribution in [0.3, 0.4) is 0 Å². The minimum absolute atomic E-state index is 0.106. The molecule has 0 aliphatic carbocycles. The number of carbonyl (C=O) groups excluding carboxylic acids is 2. The van der Waals surface area contributed by atoms with Crippen LogP contribution < -0.4 is 10.2 Å². The summed E-state index contributed by atoms with van der Waals surface area (Å²) in [5.74, 6) is -2.81. The van der Waals surface area contributed by atoms with Crippen molar-refractivity contribution in [2.75, 3.05) is 30.0 Å². The van der Waals surface area contributed by atoms with Gasteiger partial charge in [0.2, 0.25) is 15.8 Å². The SMILES string of the molecule is CC(C)(C)OC(=O)N[C@H]1CS(=O)(=O)c2cc(F)c(-c3nnn(C4CCN(S(C)(=O)=O)C4)n3)cc2N(Cc2ccc(Cl)cc2)C1=O. The number of halogens is 2. The van der Waals surface area contributed by atoms with Gasteiger partial charge in [-0.25, -0.2) is 26.0 Å². The van der Waals surface area contributed by atoms with Gasteiger partial charge in [0.1, 0.15) is 17.5 Å². The second-order valence-electron chi connectivity index (χ2n) is 11.8. The lowest BCUT2D eigenvalue weighted by Gasteiger charge is -2.27. The topological polar surface area (TPSA) is 174 Å².